The Kier molecular flexibility index (Phi) is 1.88. The van der Waals surface area contributed by atoms with Crippen LogP contribution in [0.3, 0.4) is 0 Å². The van der Waals surface area contributed by atoms with Crippen molar-refractivity contribution in [3.05, 3.63) is 34.3 Å². The van der Waals surface area contributed by atoms with E-state index in [4.69, 9.17) is 17.3 Å². The summed E-state index contributed by atoms with van der Waals surface area (Å²) in [7, 11) is 0. The predicted octanol–water partition coefficient (Wildman–Crippen LogP) is 2.84. The van der Waals surface area contributed by atoms with Gasteiger partial charge < -0.3 is 5.73 Å². The third-order valence-electron chi connectivity index (χ3n) is 2.63. The van der Waals surface area contributed by atoms with Crippen LogP contribution in [0.2, 0.25) is 5.02 Å². The first kappa shape index (κ1) is 9.87. The van der Waals surface area contributed by atoms with Gasteiger partial charge in [-0.05, 0) is 24.1 Å². The van der Waals surface area contributed by atoms with Crippen molar-refractivity contribution in [2.75, 3.05) is 0 Å². The Balaban J connectivity index is 2.45. The van der Waals surface area contributed by atoms with Gasteiger partial charge in [0.05, 0.1) is 0 Å². The molecule has 0 radical (unpaired) electrons. The molecule has 1 saturated carbocycles. The highest BCUT2D eigenvalue weighted by Crippen LogP contribution is 2.58. The monoisotopic (exact) mass is 217 g/mol. The van der Waals surface area contributed by atoms with Gasteiger partial charge in [-0.1, -0.05) is 23.7 Å². The topological polar surface area (TPSA) is 26.0 Å². The Morgan fingerprint density at radius 3 is 2.43 bits per heavy atom. The van der Waals surface area contributed by atoms with Crippen LogP contribution in [0.1, 0.15) is 17.5 Å². The Morgan fingerprint density at radius 2 is 2.00 bits per heavy atom. The van der Waals surface area contributed by atoms with Crippen LogP contribution in [0.5, 0.6) is 0 Å². The first-order chi connectivity index (χ1) is 6.37. The number of rotatable bonds is 1. The van der Waals surface area contributed by atoms with Crippen LogP contribution < -0.4 is 5.73 Å². The fourth-order valence-corrected chi connectivity index (χ4v) is 1.98. The molecule has 0 saturated heterocycles. The summed E-state index contributed by atoms with van der Waals surface area (Å²) in [6.45, 7) is 1.85. The zero-order valence-corrected chi connectivity index (χ0v) is 8.41. The minimum atomic E-state index is -2.81. The highest BCUT2D eigenvalue weighted by Gasteiger charge is 2.70. The van der Waals surface area contributed by atoms with Crippen LogP contribution in [0.15, 0.2) is 18.2 Å². The minimum Gasteiger partial charge on any atom is -0.316 e. The number of hydrogen-bond acceptors (Lipinski definition) is 1. The van der Waals surface area contributed by atoms with Crippen LogP contribution in [-0.4, -0.2) is 5.92 Å². The summed E-state index contributed by atoms with van der Waals surface area (Å²) in [5, 5.41) is 0.324. The van der Waals surface area contributed by atoms with E-state index in [1.54, 1.807) is 18.2 Å². The van der Waals surface area contributed by atoms with E-state index in [2.05, 4.69) is 0 Å². The average molecular weight is 218 g/mol. The van der Waals surface area contributed by atoms with E-state index in [1.165, 1.54) is 0 Å². The molecule has 1 aliphatic rings. The molecule has 0 bridgehead atoms. The van der Waals surface area contributed by atoms with Crippen molar-refractivity contribution >= 4 is 11.6 Å². The van der Waals surface area contributed by atoms with E-state index in [9.17, 15) is 8.78 Å². The van der Waals surface area contributed by atoms with E-state index >= 15 is 0 Å². The zero-order chi connectivity index (χ0) is 10.6. The third kappa shape index (κ3) is 1.23. The maximum atomic E-state index is 13.0. The normalized spacial score (nSPS) is 28.9. The lowest BCUT2D eigenvalue weighted by Gasteiger charge is -2.12. The Hall–Kier alpha value is -0.670. The van der Waals surface area contributed by atoms with Crippen molar-refractivity contribution in [2.24, 2.45) is 5.73 Å². The fraction of sp³-hybridized carbons (Fsp3) is 0.400. The summed E-state index contributed by atoms with van der Waals surface area (Å²) in [6, 6.07) is 4.97. The van der Waals surface area contributed by atoms with Crippen LogP contribution >= 0.6 is 11.6 Å². The SMILES string of the molecule is Cc1ccc(C2(N)CC2(F)F)c(Cl)c1. The number of aryl methyl sites for hydroxylation is 1. The lowest BCUT2D eigenvalue weighted by atomic mass is 10.0. The van der Waals surface area contributed by atoms with Gasteiger partial charge in [-0.2, -0.15) is 0 Å². The molecule has 0 spiro atoms. The molecule has 1 atom stereocenters. The first-order valence-corrected chi connectivity index (χ1v) is 4.68. The van der Waals surface area contributed by atoms with Gasteiger partial charge in [-0.3, -0.25) is 0 Å². The van der Waals surface area contributed by atoms with E-state index in [0.717, 1.165) is 5.56 Å². The number of benzene rings is 1. The number of halogens is 3. The molecule has 1 nitrogen and oxygen atoms in total. The Morgan fingerprint density at radius 1 is 1.43 bits per heavy atom. The second-order valence-electron chi connectivity index (χ2n) is 3.84. The number of alkyl halides is 2. The number of nitrogens with two attached hydrogens (primary N) is 1. The van der Waals surface area contributed by atoms with Crippen molar-refractivity contribution in [3.8, 4) is 0 Å². The van der Waals surface area contributed by atoms with Gasteiger partial charge >= 0.3 is 0 Å². The third-order valence-corrected chi connectivity index (χ3v) is 2.95. The average Bonchev–Trinajstić information content (AvgIpc) is 2.50. The molecular weight excluding hydrogens is 208 g/mol. The van der Waals surface area contributed by atoms with Crippen molar-refractivity contribution in [1.82, 2.24) is 0 Å². The standard InChI is InChI=1S/C10H10ClF2N/c1-6-2-3-7(8(11)4-6)9(14)5-10(9,12)13/h2-4H,5,14H2,1H3. The minimum absolute atomic E-state index is 0.317. The summed E-state index contributed by atoms with van der Waals surface area (Å²) in [5.41, 5.74) is 5.30. The second-order valence-corrected chi connectivity index (χ2v) is 4.24. The molecule has 1 aromatic rings. The zero-order valence-electron chi connectivity index (χ0n) is 7.65. The van der Waals surface area contributed by atoms with Crippen LogP contribution in [0.25, 0.3) is 0 Å². The summed E-state index contributed by atoms with van der Waals surface area (Å²) >= 11 is 5.87. The molecule has 1 aliphatic carbocycles. The molecule has 2 N–H and O–H groups in total. The largest absolute Gasteiger partial charge is 0.316 e. The Labute approximate surface area is 85.9 Å². The fourth-order valence-electron chi connectivity index (χ4n) is 1.58. The van der Waals surface area contributed by atoms with Crippen LogP contribution in [-0.2, 0) is 5.54 Å². The van der Waals surface area contributed by atoms with Crippen LogP contribution in [0.4, 0.5) is 8.78 Å². The van der Waals surface area contributed by atoms with Gasteiger partial charge in [0, 0.05) is 11.4 Å². The summed E-state index contributed by atoms with van der Waals surface area (Å²) in [4.78, 5) is 0. The van der Waals surface area contributed by atoms with Gasteiger partial charge in [0.25, 0.3) is 5.92 Å². The van der Waals surface area contributed by atoms with Crippen LogP contribution in [0, 0.1) is 6.92 Å². The molecule has 0 heterocycles. The predicted molar refractivity (Wildman–Crippen MR) is 51.6 cm³/mol. The first-order valence-electron chi connectivity index (χ1n) is 4.30. The summed E-state index contributed by atoms with van der Waals surface area (Å²) < 4.78 is 25.9. The van der Waals surface area contributed by atoms with E-state index in [0.29, 0.717) is 10.6 Å². The van der Waals surface area contributed by atoms with Gasteiger partial charge in [-0.15, -0.1) is 0 Å². The van der Waals surface area contributed by atoms with Gasteiger partial charge in [0.2, 0.25) is 0 Å². The maximum absolute atomic E-state index is 13.0. The molecule has 2 rings (SSSR count). The lowest BCUT2D eigenvalue weighted by molar-refractivity contribution is 0.0891. The second kappa shape index (κ2) is 2.67. The molecule has 14 heavy (non-hydrogen) atoms. The number of hydrogen-bond donors (Lipinski definition) is 1. The Bertz CT molecular complexity index is 392. The molecule has 1 fully saturated rings. The molecule has 0 aromatic heterocycles. The molecule has 0 amide bonds. The van der Waals surface area contributed by atoms with Crippen molar-refractivity contribution < 1.29 is 8.78 Å². The molecule has 4 heteroatoms. The summed E-state index contributed by atoms with van der Waals surface area (Å²) in [5.74, 6) is -2.81. The van der Waals surface area contributed by atoms with Gasteiger partial charge in [0.15, 0.2) is 0 Å². The highest BCUT2D eigenvalue weighted by atomic mass is 35.5. The molecule has 1 aromatic carbocycles. The molecule has 76 valence electrons. The molecule has 0 aliphatic heterocycles. The van der Waals surface area contributed by atoms with E-state index in [-0.39, 0.29) is 6.42 Å². The highest BCUT2D eigenvalue weighted by molar-refractivity contribution is 6.31. The van der Waals surface area contributed by atoms with Crippen molar-refractivity contribution in [2.45, 2.75) is 24.8 Å². The molecule has 1 unspecified atom stereocenters. The maximum Gasteiger partial charge on any atom is 0.272 e. The van der Waals surface area contributed by atoms with Gasteiger partial charge in [-0.25, -0.2) is 8.78 Å². The molecular formula is C10H10ClF2N. The van der Waals surface area contributed by atoms with Crippen molar-refractivity contribution in [1.29, 1.82) is 0 Å². The van der Waals surface area contributed by atoms with E-state index < -0.39 is 11.5 Å². The lowest BCUT2D eigenvalue weighted by Crippen LogP contribution is -2.27. The van der Waals surface area contributed by atoms with Gasteiger partial charge in [0.1, 0.15) is 5.54 Å². The quantitative estimate of drug-likeness (QED) is 0.769. The smallest absolute Gasteiger partial charge is 0.272 e. The van der Waals surface area contributed by atoms with Crippen molar-refractivity contribution in [3.63, 3.8) is 0 Å². The summed E-state index contributed by atoms with van der Waals surface area (Å²) in [6.07, 6.45) is -0.317. The van der Waals surface area contributed by atoms with E-state index in [1.807, 2.05) is 6.92 Å².